The number of nitrogens with one attached hydrogen (secondary N) is 2. The molecule has 2 N–H and O–H groups in total. The normalized spacial score (nSPS) is 12.9. The minimum Gasteiger partial charge on any atom is -0.379 e. The van der Waals surface area contributed by atoms with Gasteiger partial charge in [-0.2, -0.15) is 18.2 Å². The van der Waals surface area contributed by atoms with Crippen molar-refractivity contribution in [2.24, 2.45) is 5.10 Å². The maximum Gasteiger partial charge on any atom is 0.339 e. The summed E-state index contributed by atoms with van der Waals surface area (Å²) in [5.74, 6) is -0.591. The zero-order valence-electron chi connectivity index (χ0n) is 23.3. The number of hydrazone groups is 1. The number of benzene rings is 4. The number of rotatable bonds is 11. The fraction of sp³-hybridized carbons (Fsp3) is 0.161. The molecule has 0 spiro atoms. The summed E-state index contributed by atoms with van der Waals surface area (Å²) in [6, 6.07) is 26.6. The van der Waals surface area contributed by atoms with Crippen LogP contribution >= 0.6 is 0 Å². The van der Waals surface area contributed by atoms with E-state index < -0.39 is 32.1 Å². The summed E-state index contributed by atoms with van der Waals surface area (Å²) >= 11 is 0. The number of carbonyl (C=O) groups is 1. The number of nitrogens with zero attached hydrogens (tertiary/aromatic N) is 1. The van der Waals surface area contributed by atoms with Crippen LogP contribution in [0.2, 0.25) is 0 Å². The molecule has 1 atom stereocenters. The molecule has 0 unspecified atom stereocenters. The van der Waals surface area contributed by atoms with Crippen LogP contribution in [-0.4, -0.2) is 34.5 Å². The highest BCUT2D eigenvalue weighted by molar-refractivity contribution is 7.89. The van der Waals surface area contributed by atoms with Gasteiger partial charge in [0.25, 0.3) is 5.91 Å². The van der Waals surface area contributed by atoms with Gasteiger partial charge in [0.2, 0.25) is 10.0 Å². The van der Waals surface area contributed by atoms with Crippen molar-refractivity contribution in [2.45, 2.75) is 43.0 Å². The topological polar surface area (TPSA) is 131 Å². The Morgan fingerprint density at radius 2 is 1.31 bits per heavy atom. The molecule has 9 nitrogen and oxygen atoms in total. The van der Waals surface area contributed by atoms with Gasteiger partial charge in [-0.3, -0.25) is 4.79 Å². The van der Waals surface area contributed by atoms with Crippen molar-refractivity contribution in [1.29, 1.82) is 0 Å². The molecule has 11 heteroatoms. The molecule has 0 radical (unpaired) electrons. The molecule has 0 saturated carbocycles. The number of hydrogen-bond acceptors (Lipinski definition) is 7. The van der Waals surface area contributed by atoms with Crippen LogP contribution in [0.15, 0.2) is 118 Å². The smallest absolute Gasteiger partial charge is 0.339 e. The Balaban J connectivity index is 1.54. The van der Waals surface area contributed by atoms with Crippen LogP contribution in [0, 0.1) is 13.8 Å². The van der Waals surface area contributed by atoms with Crippen molar-refractivity contribution in [1.82, 2.24) is 10.1 Å². The Morgan fingerprint density at radius 3 is 1.88 bits per heavy atom. The highest BCUT2D eigenvalue weighted by atomic mass is 32.2. The van der Waals surface area contributed by atoms with Gasteiger partial charge in [-0.1, -0.05) is 77.9 Å². The quantitative estimate of drug-likeness (QED) is 0.147. The number of hydrogen-bond donors (Lipinski definition) is 2. The lowest BCUT2D eigenvalue weighted by molar-refractivity contribution is -0.122. The van der Waals surface area contributed by atoms with Crippen LogP contribution in [-0.2, 0) is 31.4 Å². The lowest BCUT2D eigenvalue weighted by Crippen LogP contribution is -2.46. The first-order chi connectivity index (χ1) is 19.9. The summed E-state index contributed by atoms with van der Waals surface area (Å²) in [4.78, 5) is 13.3. The van der Waals surface area contributed by atoms with Gasteiger partial charge in [-0.15, -0.1) is 0 Å². The Morgan fingerprint density at radius 1 is 0.762 bits per heavy atom. The van der Waals surface area contributed by atoms with Gasteiger partial charge in [-0.05, 0) is 74.7 Å². The Labute approximate surface area is 246 Å². The third-order valence-corrected chi connectivity index (χ3v) is 9.10. The fourth-order valence-corrected chi connectivity index (χ4v) is 6.04. The molecule has 0 aliphatic heterocycles. The van der Waals surface area contributed by atoms with E-state index in [9.17, 15) is 21.6 Å². The summed E-state index contributed by atoms with van der Waals surface area (Å²) in [5.41, 5.74) is 6.17. The third kappa shape index (κ3) is 8.12. The van der Waals surface area contributed by atoms with Crippen LogP contribution in [0.5, 0.6) is 5.75 Å². The van der Waals surface area contributed by atoms with Crippen molar-refractivity contribution in [3.05, 3.63) is 125 Å². The lowest BCUT2D eigenvalue weighted by atomic mass is 10.1. The maximum atomic E-state index is 13.2. The van der Waals surface area contributed by atoms with Gasteiger partial charge >= 0.3 is 10.1 Å². The van der Waals surface area contributed by atoms with Crippen LogP contribution in [0.1, 0.15) is 29.2 Å². The second kappa shape index (κ2) is 13.1. The monoisotopic (exact) mass is 605 g/mol. The molecular formula is C31H31N3O6S2. The van der Waals surface area contributed by atoms with Gasteiger partial charge < -0.3 is 4.18 Å². The molecule has 0 bridgehead atoms. The molecule has 0 heterocycles. The van der Waals surface area contributed by atoms with Crippen LogP contribution in [0.3, 0.4) is 0 Å². The Kier molecular flexibility index (Phi) is 9.56. The SMILES string of the molecule is C/C(=N/NC(=O)[C@H](Cc1ccc(OS(=O)(=O)c2ccc(C)cc2)cc1)NS(=O)(=O)c1ccc(C)cc1)c1ccccc1. The van der Waals surface area contributed by atoms with Crippen LogP contribution in [0.25, 0.3) is 0 Å². The van der Waals surface area contributed by atoms with Crippen molar-refractivity contribution >= 4 is 31.8 Å². The summed E-state index contributed by atoms with van der Waals surface area (Å²) in [7, 11) is -8.11. The van der Waals surface area contributed by atoms with Crippen LogP contribution in [0.4, 0.5) is 0 Å². The van der Waals surface area contributed by atoms with E-state index in [4.69, 9.17) is 4.18 Å². The molecule has 42 heavy (non-hydrogen) atoms. The largest absolute Gasteiger partial charge is 0.379 e. The average Bonchev–Trinajstić information content (AvgIpc) is 2.97. The Bertz CT molecular complexity index is 1770. The molecule has 4 rings (SSSR count). The third-order valence-electron chi connectivity index (χ3n) is 6.35. The van der Waals surface area contributed by atoms with Crippen molar-refractivity contribution in [3.8, 4) is 5.75 Å². The summed E-state index contributed by atoms with van der Waals surface area (Å²) in [5, 5.41) is 4.16. The number of carbonyl (C=O) groups excluding carboxylic acids is 1. The van der Waals surface area contributed by atoms with Gasteiger partial charge in [0.15, 0.2) is 0 Å². The Hall–Kier alpha value is -4.32. The zero-order chi connectivity index (χ0) is 30.3. The molecule has 0 saturated heterocycles. The average molecular weight is 606 g/mol. The summed E-state index contributed by atoms with van der Waals surface area (Å²) < 4.78 is 59.3. The van der Waals surface area contributed by atoms with Gasteiger partial charge in [0, 0.05) is 0 Å². The highest BCUT2D eigenvalue weighted by Gasteiger charge is 2.26. The van der Waals surface area contributed by atoms with Crippen LogP contribution < -0.4 is 14.3 Å². The van der Waals surface area contributed by atoms with E-state index in [1.807, 2.05) is 44.2 Å². The standard InChI is InChI=1S/C31H31N3O6S2/c1-22-9-17-28(18-10-22)41(36,37)34-30(31(35)33-32-24(3)26-7-5-4-6-8-26)21-25-13-15-27(16-14-25)40-42(38,39)29-19-11-23(2)12-20-29/h4-20,30,34H,21H2,1-3H3,(H,33,35)/b32-24-/t30-/m0/s1. The minimum absolute atomic E-state index is 0.0138. The predicted octanol–water partition coefficient (Wildman–Crippen LogP) is 4.50. The predicted molar refractivity (Wildman–Crippen MR) is 161 cm³/mol. The molecule has 0 aromatic heterocycles. The van der Waals surface area contributed by atoms with E-state index in [2.05, 4.69) is 15.2 Å². The first-order valence-corrected chi connectivity index (χ1v) is 15.9. The van der Waals surface area contributed by atoms with E-state index in [-0.39, 0.29) is 22.0 Å². The molecule has 0 aliphatic rings. The lowest BCUT2D eigenvalue weighted by Gasteiger charge is -2.18. The first kappa shape index (κ1) is 30.6. The number of aryl methyl sites for hydroxylation is 2. The number of amides is 1. The summed E-state index contributed by atoms with van der Waals surface area (Å²) in [6.45, 7) is 5.41. The number of sulfonamides is 1. The molecule has 4 aromatic carbocycles. The van der Waals surface area contributed by atoms with Gasteiger partial charge in [0.05, 0.1) is 10.6 Å². The van der Waals surface area contributed by atoms with E-state index >= 15 is 0 Å². The summed E-state index contributed by atoms with van der Waals surface area (Å²) in [6.07, 6.45) is -0.0399. The van der Waals surface area contributed by atoms with Crippen molar-refractivity contribution in [3.63, 3.8) is 0 Å². The highest BCUT2D eigenvalue weighted by Crippen LogP contribution is 2.21. The maximum absolute atomic E-state index is 13.2. The molecule has 0 fully saturated rings. The fourth-order valence-electron chi connectivity index (χ4n) is 3.92. The van der Waals surface area contributed by atoms with E-state index in [1.54, 1.807) is 43.3 Å². The second-order valence-corrected chi connectivity index (χ2v) is 13.0. The molecule has 1 amide bonds. The first-order valence-electron chi connectivity index (χ1n) is 13.0. The van der Waals surface area contributed by atoms with E-state index in [0.29, 0.717) is 11.3 Å². The zero-order valence-corrected chi connectivity index (χ0v) is 24.9. The molecular weight excluding hydrogens is 574 g/mol. The molecule has 0 aliphatic carbocycles. The molecule has 218 valence electrons. The van der Waals surface area contributed by atoms with Gasteiger partial charge in [0.1, 0.15) is 16.7 Å². The minimum atomic E-state index is -4.06. The van der Waals surface area contributed by atoms with E-state index in [0.717, 1.165) is 16.7 Å². The van der Waals surface area contributed by atoms with Crippen molar-refractivity contribution < 1.29 is 25.8 Å². The second-order valence-electron chi connectivity index (χ2n) is 9.72. The van der Waals surface area contributed by atoms with E-state index in [1.165, 1.54) is 36.4 Å². The van der Waals surface area contributed by atoms with Gasteiger partial charge in [-0.25, -0.2) is 13.8 Å². The molecule has 4 aromatic rings. The van der Waals surface area contributed by atoms with Crippen molar-refractivity contribution in [2.75, 3.05) is 0 Å².